The van der Waals surface area contributed by atoms with Crippen LogP contribution >= 0.6 is 12.2 Å². The summed E-state index contributed by atoms with van der Waals surface area (Å²) in [7, 11) is 1.95. The summed E-state index contributed by atoms with van der Waals surface area (Å²) >= 11 is 4.95. The number of amides is 1. The first-order chi connectivity index (χ1) is 7.93. The molecular formula is C12H23N3OS. The van der Waals surface area contributed by atoms with Crippen LogP contribution in [0.5, 0.6) is 0 Å². The van der Waals surface area contributed by atoms with Gasteiger partial charge in [-0.3, -0.25) is 9.69 Å². The van der Waals surface area contributed by atoms with Crippen LogP contribution in [-0.4, -0.2) is 53.4 Å². The second-order valence-electron chi connectivity index (χ2n) is 4.95. The first kappa shape index (κ1) is 14.4. The smallest absolute Gasteiger partial charge is 0.239 e. The standard InChI is InChI=1S/C12H23N3OS/c1-9(11(13)17)8-14(3)10(2)12(16)15-6-4-5-7-15/h9-10H,4-8H2,1-3H3,(H2,13,17). The third-order valence-electron chi connectivity index (χ3n) is 3.48. The largest absolute Gasteiger partial charge is 0.393 e. The number of nitrogens with zero attached hydrogens (tertiary/aromatic N) is 2. The maximum Gasteiger partial charge on any atom is 0.239 e. The molecule has 0 bridgehead atoms. The van der Waals surface area contributed by atoms with Gasteiger partial charge in [0.2, 0.25) is 5.91 Å². The number of likely N-dealkylation sites (tertiary alicyclic amines) is 1. The summed E-state index contributed by atoms with van der Waals surface area (Å²) in [6.45, 7) is 6.48. The Morgan fingerprint density at radius 2 is 1.94 bits per heavy atom. The molecule has 0 spiro atoms. The van der Waals surface area contributed by atoms with Crippen LogP contribution in [0.1, 0.15) is 26.7 Å². The van der Waals surface area contributed by atoms with Crippen LogP contribution in [0.4, 0.5) is 0 Å². The topological polar surface area (TPSA) is 49.6 Å². The van der Waals surface area contributed by atoms with E-state index in [0.29, 0.717) is 4.99 Å². The molecule has 2 N–H and O–H groups in total. The number of rotatable bonds is 5. The second kappa shape index (κ2) is 6.31. The predicted molar refractivity (Wildman–Crippen MR) is 73.9 cm³/mol. The van der Waals surface area contributed by atoms with Crippen LogP contribution in [0.15, 0.2) is 0 Å². The number of thiocarbonyl (C=S) groups is 1. The van der Waals surface area contributed by atoms with E-state index in [1.54, 1.807) is 0 Å². The molecule has 0 aromatic rings. The van der Waals surface area contributed by atoms with Gasteiger partial charge < -0.3 is 10.6 Å². The zero-order valence-corrected chi connectivity index (χ0v) is 11.8. The van der Waals surface area contributed by atoms with Crippen molar-refractivity contribution in [2.75, 3.05) is 26.7 Å². The van der Waals surface area contributed by atoms with Crippen LogP contribution < -0.4 is 5.73 Å². The molecule has 98 valence electrons. The average molecular weight is 257 g/mol. The maximum atomic E-state index is 12.2. The lowest BCUT2D eigenvalue weighted by molar-refractivity contribution is -0.134. The molecular weight excluding hydrogens is 234 g/mol. The van der Waals surface area contributed by atoms with Crippen molar-refractivity contribution in [3.8, 4) is 0 Å². The van der Waals surface area contributed by atoms with E-state index in [2.05, 4.69) is 0 Å². The quantitative estimate of drug-likeness (QED) is 0.742. The van der Waals surface area contributed by atoms with E-state index in [9.17, 15) is 4.79 Å². The van der Waals surface area contributed by atoms with Gasteiger partial charge in [0.25, 0.3) is 0 Å². The minimum absolute atomic E-state index is 0.0927. The number of hydrogen-bond acceptors (Lipinski definition) is 3. The van der Waals surface area contributed by atoms with Crippen LogP contribution in [-0.2, 0) is 4.79 Å². The minimum atomic E-state index is -0.0927. The molecule has 1 heterocycles. The van der Waals surface area contributed by atoms with E-state index < -0.39 is 0 Å². The lowest BCUT2D eigenvalue weighted by atomic mass is 10.1. The second-order valence-corrected chi connectivity index (χ2v) is 5.42. The summed E-state index contributed by atoms with van der Waals surface area (Å²) in [5, 5.41) is 0. The molecule has 1 rings (SSSR count). The summed E-state index contributed by atoms with van der Waals surface area (Å²) in [5.74, 6) is 0.365. The van der Waals surface area contributed by atoms with Gasteiger partial charge in [0, 0.05) is 25.6 Å². The Morgan fingerprint density at radius 1 is 1.41 bits per heavy atom. The fourth-order valence-electron chi connectivity index (χ4n) is 2.07. The molecule has 1 amide bonds. The molecule has 1 aliphatic heterocycles. The highest BCUT2D eigenvalue weighted by Crippen LogP contribution is 2.12. The third-order valence-corrected chi connectivity index (χ3v) is 3.89. The normalized spacial score (nSPS) is 19.4. The molecule has 0 aliphatic carbocycles. The molecule has 17 heavy (non-hydrogen) atoms. The monoisotopic (exact) mass is 257 g/mol. The summed E-state index contributed by atoms with van der Waals surface area (Å²) in [6, 6.07) is -0.0927. The molecule has 0 radical (unpaired) electrons. The van der Waals surface area contributed by atoms with Crippen molar-refractivity contribution in [2.45, 2.75) is 32.7 Å². The molecule has 2 unspecified atom stereocenters. The first-order valence-corrected chi connectivity index (χ1v) is 6.62. The van der Waals surface area contributed by atoms with E-state index in [1.807, 2.05) is 30.7 Å². The molecule has 4 nitrogen and oxygen atoms in total. The third kappa shape index (κ3) is 3.92. The molecule has 1 saturated heterocycles. The summed E-state index contributed by atoms with van der Waals surface area (Å²) in [4.78, 5) is 16.7. The van der Waals surface area contributed by atoms with Gasteiger partial charge >= 0.3 is 0 Å². The number of likely N-dealkylation sites (N-methyl/N-ethyl adjacent to an activating group) is 1. The highest BCUT2D eigenvalue weighted by molar-refractivity contribution is 7.80. The van der Waals surface area contributed by atoms with Gasteiger partial charge in [-0.05, 0) is 26.8 Å². The molecule has 1 aliphatic rings. The van der Waals surface area contributed by atoms with Crippen molar-refractivity contribution >= 4 is 23.1 Å². The lowest BCUT2D eigenvalue weighted by Gasteiger charge is -2.29. The highest BCUT2D eigenvalue weighted by atomic mass is 32.1. The molecule has 0 aromatic carbocycles. The van der Waals surface area contributed by atoms with E-state index in [-0.39, 0.29) is 17.9 Å². The zero-order valence-electron chi connectivity index (χ0n) is 11.0. The van der Waals surface area contributed by atoms with Crippen LogP contribution in [0.3, 0.4) is 0 Å². The molecule has 2 atom stereocenters. The van der Waals surface area contributed by atoms with Gasteiger partial charge in [-0.25, -0.2) is 0 Å². The highest BCUT2D eigenvalue weighted by Gasteiger charge is 2.26. The van der Waals surface area contributed by atoms with E-state index in [4.69, 9.17) is 18.0 Å². The summed E-state index contributed by atoms with van der Waals surface area (Å²) in [5.41, 5.74) is 5.59. The Kier molecular flexibility index (Phi) is 5.33. The SMILES string of the molecule is CC(CN(C)C(C)C(=O)N1CCCC1)C(N)=S. The van der Waals surface area contributed by atoms with Gasteiger partial charge in [-0.1, -0.05) is 19.1 Å². The number of nitrogens with two attached hydrogens (primary N) is 1. The number of hydrogen-bond donors (Lipinski definition) is 1. The van der Waals surface area contributed by atoms with Crippen LogP contribution in [0.2, 0.25) is 0 Å². The van der Waals surface area contributed by atoms with Crippen molar-refractivity contribution in [2.24, 2.45) is 11.7 Å². The van der Waals surface area contributed by atoms with Gasteiger partial charge in [-0.2, -0.15) is 0 Å². The molecule has 1 fully saturated rings. The molecule has 0 saturated carbocycles. The predicted octanol–water partition coefficient (Wildman–Crippen LogP) is 0.851. The van der Waals surface area contributed by atoms with Gasteiger partial charge in [0.1, 0.15) is 0 Å². The first-order valence-electron chi connectivity index (χ1n) is 6.21. The Hall–Kier alpha value is -0.680. The number of carbonyl (C=O) groups is 1. The van der Waals surface area contributed by atoms with Crippen molar-refractivity contribution in [1.29, 1.82) is 0 Å². The zero-order chi connectivity index (χ0) is 13.0. The van der Waals surface area contributed by atoms with Gasteiger partial charge in [-0.15, -0.1) is 0 Å². The van der Waals surface area contributed by atoms with Gasteiger partial charge in [0.05, 0.1) is 11.0 Å². The maximum absolute atomic E-state index is 12.2. The Bertz CT molecular complexity index is 289. The minimum Gasteiger partial charge on any atom is -0.393 e. The Labute approximate surface area is 109 Å². The lowest BCUT2D eigenvalue weighted by Crippen LogP contribution is -2.46. The van der Waals surface area contributed by atoms with Crippen molar-refractivity contribution in [1.82, 2.24) is 9.80 Å². The fourth-order valence-corrected chi connectivity index (χ4v) is 2.14. The van der Waals surface area contributed by atoms with Crippen molar-refractivity contribution in [3.63, 3.8) is 0 Å². The molecule has 5 heteroatoms. The van der Waals surface area contributed by atoms with Crippen LogP contribution in [0.25, 0.3) is 0 Å². The van der Waals surface area contributed by atoms with E-state index >= 15 is 0 Å². The van der Waals surface area contributed by atoms with Crippen LogP contribution in [0, 0.1) is 5.92 Å². The van der Waals surface area contributed by atoms with E-state index in [0.717, 1.165) is 32.5 Å². The van der Waals surface area contributed by atoms with Crippen molar-refractivity contribution < 1.29 is 4.79 Å². The number of carbonyl (C=O) groups excluding carboxylic acids is 1. The summed E-state index contributed by atoms with van der Waals surface area (Å²) in [6.07, 6.45) is 2.26. The fraction of sp³-hybridized carbons (Fsp3) is 0.833. The Morgan fingerprint density at radius 3 is 2.41 bits per heavy atom. The summed E-state index contributed by atoms with van der Waals surface area (Å²) < 4.78 is 0. The van der Waals surface area contributed by atoms with Gasteiger partial charge in [0.15, 0.2) is 0 Å². The van der Waals surface area contributed by atoms with E-state index in [1.165, 1.54) is 0 Å². The molecule has 0 aromatic heterocycles. The van der Waals surface area contributed by atoms with Crippen molar-refractivity contribution in [3.05, 3.63) is 0 Å². The average Bonchev–Trinajstić information content (AvgIpc) is 2.80. The Balaban J connectivity index is 2.47.